The third-order valence-electron chi connectivity index (χ3n) is 2.13. The highest BCUT2D eigenvalue weighted by molar-refractivity contribution is 4.61. The van der Waals surface area contributed by atoms with Crippen LogP contribution in [-0.4, -0.2) is 12.7 Å². The summed E-state index contributed by atoms with van der Waals surface area (Å²) in [5.41, 5.74) is 0. The van der Waals surface area contributed by atoms with E-state index in [9.17, 15) is 0 Å². The summed E-state index contributed by atoms with van der Waals surface area (Å²) in [4.78, 5) is 0. The van der Waals surface area contributed by atoms with Crippen LogP contribution in [0, 0.1) is 0 Å². The van der Waals surface area contributed by atoms with E-state index >= 15 is 0 Å². The van der Waals surface area contributed by atoms with E-state index in [-0.39, 0.29) is 0 Å². The zero-order valence-corrected chi connectivity index (χ0v) is 6.94. The lowest BCUT2D eigenvalue weighted by atomic mass is 10.1. The fraction of sp³-hybridized carbons (Fsp3) is 1.00. The molecule has 1 atom stereocenters. The van der Waals surface area contributed by atoms with Crippen molar-refractivity contribution in [3.63, 3.8) is 0 Å². The Morgan fingerprint density at radius 2 is 2.20 bits per heavy atom. The smallest absolute Gasteiger partial charge is 0.0575 e. The van der Waals surface area contributed by atoms with Gasteiger partial charge in [0.2, 0.25) is 0 Å². The lowest BCUT2D eigenvalue weighted by molar-refractivity contribution is 0.0524. The lowest BCUT2D eigenvalue weighted by Gasteiger charge is -2.12. The van der Waals surface area contributed by atoms with Crippen molar-refractivity contribution in [2.24, 2.45) is 0 Å². The Labute approximate surface area is 63.8 Å². The highest BCUT2D eigenvalue weighted by Gasteiger charge is 2.10. The quantitative estimate of drug-likeness (QED) is 0.576. The number of rotatable bonds is 2. The van der Waals surface area contributed by atoms with E-state index in [0.29, 0.717) is 6.10 Å². The molecule has 1 heterocycles. The molecule has 0 N–H and O–H groups in total. The average molecular weight is 142 g/mol. The second-order valence-electron chi connectivity index (χ2n) is 3.13. The van der Waals surface area contributed by atoms with Crippen LogP contribution in [0.3, 0.4) is 0 Å². The first-order valence-electron chi connectivity index (χ1n) is 4.55. The predicted molar refractivity (Wildman–Crippen MR) is 43.1 cm³/mol. The first-order valence-corrected chi connectivity index (χ1v) is 4.55. The molecular formula is C9H18O. The molecule has 0 radical (unpaired) electrons. The van der Waals surface area contributed by atoms with E-state index in [1.807, 2.05) is 0 Å². The van der Waals surface area contributed by atoms with Crippen LogP contribution in [0.2, 0.25) is 0 Å². The van der Waals surface area contributed by atoms with Gasteiger partial charge in [0.1, 0.15) is 0 Å². The molecule has 1 heteroatoms. The van der Waals surface area contributed by atoms with Gasteiger partial charge in [-0.1, -0.05) is 26.2 Å². The Hall–Kier alpha value is -0.0400. The largest absolute Gasteiger partial charge is 0.378 e. The molecule has 0 spiro atoms. The third kappa shape index (κ3) is 2.70. The van der Waals surface area contributed by atoms with E-state index in [4.69, 9.17) is 4.74 Å². The normalized spacial score (nSPS) is 27.9. The van der Waals surface area contributed by atoms with Gasteiger partial charge in [-0.05, 0) is 19.3 Å². The van der Waals surface area contributed by atoms with Crippen molar-refractivity contribution >= 4 is 0 Å². The number of hydrogen-bond acceptors (Lipinski definition) is 1. The Bertz CT molecular complexity index is 72.8. The van der Waals surface area contributed by atoms with Gasteiger partial charge in [0.05, 0.1) is 6.10 Å². The van der Waals surface area contributed by atoms with Crippen LogP contribution in [0.5, 0.6) is 0 Å². The Morgan fingerprint density at radius 1 is 1.30 bits per heavy atom. The van der Waals surface area contributed by atoms with Gasteiger partial charge in [0, 0.05) is 6.61 Å². The highest BCUT2D eigenvalue weighted by atomic mass is 16.5. The summed E-state index contributed by atoms with van der Waals surface area (Å²) in [6.07, 6.45) is 8.45. The van der Waals surface area contributed by atoms with E-state index in [0.717, 1.165) is 6.61 Å². The first-order chi connectivity index (χ1) is 4.93. The zero-order valence-electron chi connectivity index (χ0n) is 6.94. The van der Waals surface area contributed by atoms with Gasteiger partial charge in [-0.3, -0.25) is 0 Å². The van der Waals surface area contributed by atoms with Crippen molar-refractivity contribution in [2.75, 3.05) is 6.61 Å². The molecule has 0 aliphatic carbocycles. The average Bonchev–Trinajstić information content (AvgIpc) is 2.17. The molecule has 1 rings (SSSR count). The van der Waals surface area contributed by atoms with Gasteiger partial charge in [0.15, 0.2) is 0 Å². The van der Waals surface area contributed by atoms with Gasteiger partial charge >= 0.3 is 0 Å². The van der Waals surface area contributed by atoms with Crippen LogP contribution in [0.4, 0.5) is 0 Å². The minimum atomic E-state index is 0.590. The van der Waals surface area contributed by atoms with Crippen LogP contribution in [0.25, 0.3) is 0 Å². The van der Waals surface area contributed by atoms with Crippen molar-refractivity contribution < 1.29 is 4.74 Å². The predicted octanol–water partition coefficient (Wildman–Crippen LogP) is 2.75. The second-order valence-corrected chi connectivity index (χ2v) is 3.13. The highest BCUT2D eigenvalue weighted by Crippen LogP contribution is 2.16. The van der Waals surface area contributed by atoms with Crippen LogP contribution < -0.4 is 0 Å². The Kier molecular flexibility index (Phi) is 3.81. The number of ether oxygens (including phenoxy) is 1. The maximum atomic E-state index is 5.64. The lowest BCUT2D eigenvalue weighted by Crippen LogP contribution is -2.10. The molecule has 1 fully saturated rings. The molecule has 60 valence electrons. The van der Waals surface area contributed by atoms with Crippen LogP contribution in [0.1, 0.15) is 45.4 Å². The Morgan fingerprint density at radius 3 is 3.00 bits per heavy atom. The fourth-order valence-electron chi connectivity index (χ4n) is 1.53. The van der Waals surface area contributed by atoms with Gasteiger partial charge in [-0.25, -0.2) is 0 Å². The van der Waals surface area contributed by atoms with Gasteiger partial charge in [-0.15, -0.1) is 0 Å². The van der Waals surface area contributed by atoms with Gasteiger partial charge < -0.3 is 4.74 Å². The zero-order chi connectivity index (χ0) is 7.23. The van der Waals surface area contributed by atoms with Crippen LogP contribution in [-0.2, 0) is 4.74 Å². The van der Waals surface area contributed by atoms with Crippen molar-refractivity contribution in [1.82, 2.24) is 0 Å². The van der Waals surface area contributed by atoms with E-state index in [2.05, 4.69) is 6.92 Å². The topological polar surface area (TPSA) is 9.23 Å². The monoisotopic (exact) mass is 142 g/mol. The van der Waals surface area contributed by atoms with Crippen molar-refractivity contribution in [3.05, 3.63) is 0 Å². The maximum Gasteiger partial charge on any atom is 0.0575 e. The maximum absolute atomic E-state index is 5.64. The molecule has 1 nitrogen and oxygen atoms in total. The molecule has 1 saturated heterocycles. The van der Waals surface area contributed by atoms with Gasteiger partial charge in [0.25, 0.3) is 0 Å². The molecule has 1 aliphatic heterocycles. The molecular weight excluding hydrogens is 124 g/mol. The first kappa shape index (κ1) is 8.06. The third-order valence-corrected chi connectivity index (χ3v) is 2.13. The fourth-order valence-corrected chi connectivity index (χ4v) is 1.53. The molecule has 0 saturated carbocycles. The molecule has 1 unspecified atom stereocenters. The molecule has 0 aromatic carbocycles. The standard InChI is InChI=1S/C9H18O/c1-2-6-9-7-4-3-5-8-10-9/h9H,2-8H2,1H3. The molecule has 0 aromatic rings. The van der Waals surface area contributed by atoms with E-state index in [1.165, 1.54) is 38.5 Å². The van der Waals surface area contributed by atoms with Crippen molar-refractivity contribution in [3.8, 4) is 0 Å². The molecule has 1 aliphatic rings. The second kappa shape index (κ2) is 4.73. The molecule has 10 heavy (non-hydrogen) atoms. The summed E-state index contributed by atoms with van der Waals surface area (Å²) in [6.45, 7) is 3.24. The summed E-state index contributed by atoms with van der Waals surface area (Å²) in [7, 11) is 0. The van der Waals surface area contributed by atoms with Crippen LogP contribution >= 0.6 is 0 Å². The minimum absolute atomic E-state index is 0.590. The van der Waals surface area contributed by atoms with Gasteiger partial charge in [-0.2, -0.15) is 0 Å². The summed E-state index contributed by atoms with van der Waals surface area (Å²) in [6, 6.07) is 0. The van der Waals surface area contributed by atoms with Crippen molar-refractivity contribution in [2.45, 2.75) is 51.6 Å². The van der Waals surface area contributed by atoms with E-state index < -0.39 is 0 Å². The SMILES string of the molecule is CCCC1CCCCCO1. The Balaban J connectivity index is 2.15. The van der Waals surface area contributed by atoms with Crippen LogP contribution in [0.15, 0.2) is 0 Å². The molecule has 0 aromatic heterocycles. The summed E-state index contributed by atoms with van der Waals surface area (Å²) in [5, 5.41) is 0. The van der Waals surface area contributed by atoms with Crippen molar-refractivity contribution in [1.29, 1.82) is 0 Å². The summed E-state index contributed by atoms with van der Waals surface area (Å²) < 4.78 is 5.64. The summed E-state index contributed by atoms with van der Waals surface area (Å²) in [5.74, 6) is 0. The summed E-state index contributed by atoms with van der Waals surface area (Å²) >= 11 is 0. The van der Waals surface area contributed by atoms with E-state index in [1.54, 1.807) is 0 Å². The molecule has 0 bridgehead atoms. The minimum Gasteiger partial charge on any atom is -0.378 e. The molecule has 0 amide bonds. The number of hydrogen-bond donors (Lipinski definition) is 0.